The first-order valence-corrected chi connectivity index (χ1v) is 12.7. The van der Waals surface area contributed by atoms with Crippen molar-refractivity contribution >= 4 is 17.7 Å². The fraction of sp³-hybridized carbons (Fsp3) is 0.250. The molecule has 0 radical (unpaired) electrons. The zero-order valence-electron chi connectivity index (χ0n) is 19.7. The minimum Gasteiger partial charge on any atom is -0.478 e. The van der Waals surface area contributed by atoms with E-state index in [1.807, 2.05) is 60.7 Å². The third-order valence-corrected chi connectivity index (χ3v) is 6.97. The molecule has 35 heavy (non-hydrogen) atoms. The van der Waals surface area contributed by atoms with E-state index in [9.17, 15) is 15.0 Å². The summed E-state index contributed by atoms with van der Waals surface area (Å²) in [6, 6.07) is 23.0. The number of benzene rings is 3. The minimum atomic E-state index is -0.931. The maximum Gasteiger partial charge on any atom is 0.336 e. The Morgan fingerprint density at radius 3 is 2.37 bits per heavy atom. The molecular formula is C28H29N3O3S. The Labute approximate surface area is 209 Å². The number of thioether (sulfide) groups is 1. The normalized spacial score (nSPS) is 11.0. The quantitative estimate of drug-likeness (QED) is 0.259. The lowest BCUT2D eigenvalue weighted by Gasteiger charge is -2.12. The Hall–Kier alpha value is -3.42. The number of unbranched alkanes of at least 4 members (excludes halogenated alkanes) is 1. The van der Waals surface area contributed by atoms with Crippen LogP contribution in [-0.4, -0.2) is 30.9 Å². The number of aliphatic hydroxyl groups excluding tert-OH is 1. The van der Waals surface area contributed by atoms with Gasteiger partial charge in [-0.3, -0.25) is 0 Å². The zero-order chi connectivity index (χ0) is 24.6. The van der Waals surface area contributed by atoms with Crippen molar-refractivity contribution in [3.05, 3.63) is 101 Å². The highest BCUT2D eigenvalue weighted by atomic mass is 32.2. The molecule has 0 aliphatic carbocycles. The molecular weight excluding hydrogens is 458 g/mol. The number of carboxylic acid groups (broad SMARTS) is 1. The van der Waals surface area contributed by atoms with Crippen molar-refractivity contribution in [3.8, 4) is 11.1 Å². The summed E-state index contributed by atoms with van der Waals surface area (Å²) in [6.45, 7) is 2.81. The Balaban J connectivity index is 1.57. The van der Waals surface area contributed by atoms with Gasteiger partial charge in [0.25, 0.3) is 0 Å². The van der Waals surface area contributed by atoms with Crippen LogP contribution in [0.1, 0.15) is 52.6 Å². The molecule has 2 N–H and O–H groups in total. The van der Waals surface area contributed by atoms with E-state index in [1.165, 1.54) is 0 Å². The van der Waals surface area contributed by atoms with E-state index in [1.54, 1.807) is 23.9 Å². The average molecular weight is 488 g/mol. The number of hydrogen-bond acceptors (Lipinski definition) is 5. The fourth-order valence-electron chi connectivity index (χ4n) is 3.99. The second kappa shape index (κ2) is 11.8. The molecule has 180 valence electrons. The zero-order valence-corrected chi connectivity index (χ0v) is 20.5. The van der Waals surface area contributed by atoms with Gasteiger partial charge in [-0.15, -0.1) is 10.2 Å². The molecule has 4 aromatic rings. The van der Waals surface area contributed by atoms with Crippen molar-refractivity contribution in [3.63, 3.8) is 0 Å². The van der Waals surface area contributed by atoms with Crippen molar-refractivity contribution in [1.29, 1.82) is 0 Å². The summed E-state index contributed by atoms with van der Waals surface area (Å²) >= 11 is 1.62. The van der Waals surface area contributed by atoms with Crippen LogP contribution in [0.25, 0.3) is 11.1 Å². The third-order valence-electron chi connectivity index (χ3n) is 5.96. The van der Waals surface area contributed by atoms with Crippen LogP contribution >= 0.6 is 11.8 Å². The molecule has 0 saturated heterocycles. The Bertz CT molecular complexity index is 1280. The molecule has 0 saturated carbocycles. The van der Waals surface area contributed by atoms with Gasteiger partial charge in [0.05, 0.1) is 18.7 Å². The first kappa shape index (κ1) is 24.7. The number of aliphatic hydroxyl groups is 1. The van der Waals surface area contributed by atoms with E-state index >= 15 is 0 Å². The molecule has 0 atom stereocenters. The van der Waals surface area contributed by atoms with Crippen molar-refractivity contribution in [2.75, 3.05) is 0 Å². The lowest BCUT2D eigenvalue weighted by molar-refractivity contribution is 0.0697. The first-order chi connectivity index (χ1) is 17.1. The average Bonchev–Trinajstić information content (AvgIpc) is 3.27. The van der Waals surface area contributed by atoms with Crippen molar-refractivity contribution in [2.24, 2.45) is 0 Å². The van der Waals surface area contributed by atoms with Crippen molar-refractivity contribution < 1.29 is 15.0 Å². The van der Waals surface area contributed by atoms with E-state index in [0.717, 1.165) is 52.5 Å². The maximum atomic E-state index is 11.6. The second-order valence-corrected chi connectivity index (χ2v) is 9.29. The third kappa shape index (κ3) is 5.99. The Morgan fingerprint density at radius 1 is 0.943 bits per heavy atom. The Kier molecular flexibility index (Phi) is 8.34. The highest BCUT2D eigenvalue weighted by Gasteiger charge is 2.15. The summed E-state index contributed by atoms with van der Waals surface area (Å²) in [4.78, 5) is 11.6. The molecule has 7 heteroatoms. The summed E-state index contributed by atoms with van der Waals surface area (Å²) < 4.78 is 2.17. The van der Waals surface area contributed by atoms with Crippen LogP contribution in [0.4, 0.5) is 0 Å². The molecule has 0 unspecified atom stereocenters. The van der Waals surface area contributed by atoms with E-state index in [4.69, 9.17) is 0 Å². The summed E-state index contributed by atoms with van der Waals surface area (Å²) in [6.07, 6.45) is 2.99. The van der Waals surface area contributed by atoms with Gasteiger partial charge in [0.2, 0.25) is 0 Å². The van der Waals surface area contributed by atoms with Gasteiger partial charge < -0.3 is 14.8 Å². The van der Waals surface area contributed by atoms with Crippen LogP contribution in [0.3, 0.4) is 0 Å². The molecule has 0 amide bonds. The van der Waals surface area contributed by atoms with Crippen LogP contribution in [0.15, 0.2) is 78.0 Å². The maximum absolute atomic E-state index is 11.6. The largest absolute Gasteiger partial charge is 0.478 e. The SMILES string of the molecule is CCCCc1nnc(SCc2ccccc2CO)n1Cc1ccc(-c2ccccc2C(=O)O)cc1. The van der Waals surface area contributed by atoms with Gasteiger partial charge in [0.15, 0.2) is 5.16 Å². The van der Waals surface area contributed by atoms with E-state index in [2.05, 4.69) is 21.7 Å². The number of carbonyl (C=O) groups is 1. The molecule has 4 rings (SSSR count). The first-order valence-electron chi connectivity index (χ1n) is 11.7. The van der Waals surface area contributed by atoms with E-state index in [0.29, 0.717) is 23.4 Å². The number of aryl methyl sites for hydroxylation is 1. The van der Waals surface area contributed by atoms with Gasteiger partial charge in [0, 0.05) is 12.2 Å². The molecule has 1 heterocycles. The molecule has 0 fully saturated rings. The topological polar surface area (TPSA) is 88.2 Å². The molecule has 1 aromatic heterocycles. The van der Waals surface area contributed by atoms with E-state index < -0.39 is 5.97 Å². The number of hydrogen-bond donors (Lipinski definition) is 2. The van der Waals surface area contributed by atoms with Crippen LogP contribution in [0.5, 0.6) is 0 Å². The van der Waals surface area contributed by atoms with Gasteiger partial charge in [-0.1, -0.05) is 91.8 Å². The van der Waals surface area contributed by atoms with Crippen LogP contribution in [0.2, 0.25) is 0 Å². The molecule has 0 aliphatic rings. The summed E-state index contributed by atoms with van der Waals surface area (Å²) in [7, 11) is 0. The minimum absolute atomic E-state index is 0.0164. The molecule has 0 bridgehead atoms. The highest BCUT2D eigenvalue weighted by molar-refractivity contribution is 7.98. The molecule has 3 aromatic carbocycles. The van der Waals surface area contributed by atoms with Crippen LogP contribution < -0.4 is 0 Å². The van der Waals surface area contributed by atoms with E-state index in [-0.39, 0.29) is 6.61 Å². The van der Waals surface area contributed by atoms with Crippen LogP contribution in [0, 0.1) is 0 Å². The molecule has 0 aliphatic heterocycles. The standard InChI is InChI=1S/C28H29N3O3S/c1-2-3-12-26-29-30-28(35-19-23-9-5-4-8-22(23)18-32)31(26)17-20-13-15-21(16-14-20)24-10-6-7-11-25(24)27(33)34/h4-11,13-16,32H,2-3,12,17-19H2,1H3,(H,33,34). The number of nitrogens with zero attached hydrogens (tertiary/aromatic N) is 3. The predicted octanol–water partition coefficient (Wildman–Crippen LogP) is 5.82. The molecule has 0 spiro atoms. The Morgan fingerprint density at radius 2 is 1.66 bits per heavy atom. The number of aromatic carboxylic acids is 1. The van der Waals surface area contributed by atoms with Gasteiger partial charge in [0.1, 0.15) is 5.82 Å². The van der Waals surface area contributed by atoms with Crippen molar-refractivity contribution in [2.45, 2.75) is 50.2 Å². The van der Waals surface area contributed by atoms with Crippen molar-refractivity contribution in [1.82, 2.24) is 14.8 Å². The predicted molar refractivity (Wildman–Crippen MR) is 138 cm³/mol. The number of rotatable bonds is 11. The lowest BCUT2D eigenvalue weighted by atomic mass is 9.99. The van der Waals surface area contributed by atoms with Gasteiger partial charge >= 0.3 is 5.97 Å². The monoisotopic (exact) mass is 487 g/mol. The second-order valence-electron chi connectivity index (χ2n) is 8.35. The highest BCUT2D eigenvalue weighted by Crippen LogP contribution is 2.27. The number of carboxylic acids is 1. The van der Waals surface area contributed by atoms with Gasteiger partial charge in [-0.2, -0.15) is 0 Å². The summed E-state index contributed by atoms with van der Waals surface area (Å²) in [5.41, 5.74) is 4.98. The lowest BCUT2D eigenvalue weighted by Crippen LogP contribution is -2.07. The summed E-state index contributed by atoms with van der Waals surface area (Å²) in [5.74, 6) is 0.734. The van der Waals surface area contributed by atoms with Gasteiger partial charge in [-0.05, 0) is 40.3 Å². The molecule has 6 nitrogen and oxygen atoms in total. The van der Waals surface area contributed by atoms with Crippen LogP contribution in [-0.2, 0) is 25.3 Å². The summed E-state index contributed by atoms with van der Waals surface area (Å²) in [5, 5.41) is 29.0. The number of aromatic nitrogens is 3. The van der Waals surface area contributed by atoms with Gasteiger partial charge in [-0.25, -0.2) is 4.79 Å². The smallest absolute Gasteiger partial charge is 0.336 e. The fourth-order valence-corrected chi connectivity index (χ4v) is 4.98.